The molecule has 0 aliphatic carbocycles. The second-order valence-electron chi connectivity index (χ2n) is 6.19. The summed E-state index contributed by atoms with van der Waals surface area (Å²) in [5.74, 6) is 0.278. The first-order valence-corrected chi connectivity index (χ1v) is 9.41. The molecule has 3 rings (SSSR count). The van der Waals surface area contributed by atoms with Crippen molar-refractivity contribution in [3.05, 3.63) is 52.5 Å². The molecule has 7 heteroatoms. The Morgan fingerprint density at radius 2 is 2.18 bits per heavy atom. The lowest BCUT2D eigenvalue weighted by molar-refractivity contribution is 0.0676. The predicted octanol–water partition coefficient (Wildman–Crippen LogP) is 4.39. The van der Waals surface area contributed by atoms with Gasteiger partial charge in [0.15, 0.2) is 11.5 Å². The number of ether oxygens (including phenoxy) is 4. The van der Waals surface area contributed by atoms with E-state index in [1.165, 1.54) is 12.1 Å². The van der Waals surface area contributed by atoms with Crippen molar-refractivity contribution < 1.29 is 23.7 Å². The molecular formula is C21H20ClNO5. The van der Waals surface area contributed by atoms with Crippen LogP contribution in [-0.2, 0) is 4.74 Å². The third-order valence-corrected chi connectivity index (χ3v) is 4.44. The van der Waals surface area contributed by atoms with Gasteiger partial charge in [0.05, 0.1) is 34.9 Å². The van der Waals surface area contributed by atoms with Crippen LogP contribution in [0.1, 0.15) is 35.7 Å². The maximum Gasteiger partial charge on any atom is 0.343 e. The van der Waals surface area contributed by atoms with Gasteiger partial charge in [-0.1, -0.05) is 17.7 Å². The molecule has 6 nitrogen and oxygen atoms in total. The van der Waals surface area contributed by atoms with Crippen LogP contribution in [0.25, 0.3) is 0 Å². The summed E-state index contributed by atoms with van der Waals surface area (Å²) in [7, 11) is 0. The summed E-state index contributed by atoms with van der Waals surface area (Å²) in [6, 6.07) is 11.6. The van der Waals surface area contributed by atoms with Crippen LogP contribution in [0.3, 0.4) is 0 Å². The summed E-state index contributed by atoms with van der Waals surface area (Å²) < 4.78 is 22.2. The van der Waals surface area contributed by atoms with E-state index in [0.717, 1.165) is 19.4 Å². The average molecular weight is 402 g/mol. The normalized spacial score (nSPS) is 15.7. The minimum Gasteiger partial charge on any atom is -0.491 e. The van der Waals surface area contributed by atoms with Crippen molar-refractivity contribution in [2.75, 3.05) is 19.8 Å². The first-order chi connectivity index (χ1) is 13.6. The lowest BCUT2D eigenvalue weighted by atomic mass is 10.2. The van der Waals surface area contributed by atoms with Crippen molar-refractivity contribution in [2.24, 2.45) is 0 Å². The number of halogens is 1. The molecule has 1 saturated heterocycles. The van der Waals surface area contributed by atoms with E-state index < -0.39 is 5.97 Å². The van der Waals surface area contributed by atoms with Crippen LogP contribution in [0, 0.1) is 11.3 Å². The van der Waals surface area contributed by atoms with E-state index in [1.54, 1.807) is 31.2 Å². The Morgan fingerprint density at radius 3 is 2.89 bits per heavy atom. The summed E-state index contributed by atoms with van der Waals surface area (Å²) in [5.41, 5.74) is 0.630. The monoisotopic (exact) mass is 401 g/mol. The van der Waals surface area contributed by atoms with Gasteiger partial charge in [-0.15, -0.1) is 0 Å². The summed E-state index contributed by atoms with van der Waals surface area (Å²) in [5, 5.41) is 9.20. The minimum atomic E-state index is -0.602. The van der Waals surface area contributed by atoms with Crippen LogP contribution in [0.2, 0.25) is 5.02 Å². The van der Waals surface area contributed by atoms with Gasteiger partial charge in [0.25, 0.3) is 0 Å². The topological polar surface area (TPSA) is 77.8 Å². The molecule has 0 saturated carbocycles. The quantitative estimate of drug-likeness (QED) is 0.506. The first-order valence-electron chi connectivity index (χ1n) is 9.03. The fraction of sp³-hybridized carbons (Fsp3) is 0.333. The molecule has 28 heavy (non-hydrogen) atoms. The highest BCUT2D eigenvalue weighted by Crippen LogP contribution is 2.37. The third kappa shape index (κ3) is 4.94. The Balaban J connectivity index is 1.74. The standard InChI is InChI=1S/C21H20ClNO5/c1-2-25-19-10-14(12-23)9-18(22)20(19)28-21(24)15-5-3-6-16(11-15)27-13-17-7-4-8-26-17/h3,5-6,9-11,17H,2,4,7-8,13H2,1H3. The van der Waals surface area contributed by atoms with E-state index in [0.29, 0.717) is 30.1 Å². The molecule has 1 atom stereocenters. The van der Waals surface area contributed by atoms with E-state index in [1.807, 2.05) is 6.07 Å². The van der Waals surface area contributed by atoms with Gasteiger partial charge in [0, 0.05) is 12.7 Å². The zero-order valence-electron chi connectivity index (χ0n) is 15.4. The largest absolute Gasteiger partial charge is 0.491 e. The number of benzene rings is 2. The van der Waals surface area contributed by atoms with Gasteiger partial charge in [-0.2, -0.15) is 5.26 Å². The minimum absolute atomic E-state index is 0.0817. The van der Waals surface area contributed by atoms with Gasteiger partial charge < -0.3 is 18.9 Å². The van der Waals surface area contributed by atoms with Crippen molar-refractivity contribution in [1.82, 2.24) is 0 Å². The Morgan fingerprint density at radius 1 is 1.32 bits per heavy atom. The number of nitrogens with zero attached hydrogens (tertiary/aromatic N) is 1. The molecule has 1 aliphatic rings. The second-order valence-corrected chi connectivity index (χ2v) is 6.60. The van der Waals surface area contributed by atoms with Gasteiger partial charge in [0.2, 0.25) is 0 Å². The van der Waals surface area contributed by atoms with Crippen molar-refractivity contribution >= 4 is 17.6 Å². The fourth-order valence-corrected chi connectivity index (χ4v) is 3.07. The SMILES string of the molecule is CCOc1cc(C#N)cc(Cl)c1OC(=O)c1cccc(OCC2CCCO2)c1. The number of carbonyl (C=O) groups excluding carboxylic acids is 1. The highest BCUT2D eigenvalue weighted by Gasteiger charge is 2.19. The average Bonchev–Trinajstić information content (AvgIpc) is 3.22. The van der Waals surface area contributed by atoms with Gasteiger partial charge in [-0.05, 0) is 44.0 Å². The molecule has 0 bridgehead atoms. The smallest absolute Gasteiger partial charge is 0.343 e. The van der Waals surface area contributed by atoms with E-state index in [2.05, 4.69) is 0 Å². The van der Waals surface area contributed by atoms with Crippen LogP contribution in [0.5, 0.6) is 17.2 Å². The van der Waals surface area contributed by atoms with E-state index in [-0.39, 0.29) is 22.6 Å². The van der Waals surface area contributed by atoms with Crippen LogP contribution in [-0.4, -0.2) is 31.9 Å². The Bertz CT molecular complexity index is 887. The first kappa shape index (κ1) is 20.0. The number of hydrogen-bond acceptors (Lipinski definition) is 6. The van der Waals surface area contributed by atoms with Crippen LogP contribution < -0.4 is 14.2 Å². The molecule has 146 valence electrons. The van der Waals surface area contributed by atoms with Crippen LogP contribution in [0.15, 0.2) is 36.4 Å². The van der Waals surface area contributed by atoms with Gasteiger partial charge in [-0.25, -0.2) is 4.79 Å². The molecule has 0 aromatic heterocycles. The molecule has 2 aromatic carbocycles. The number of hydrogen-bond donors (Lipinski definition) is 0. The van der Waals surface area contributed by atoms with E-state index >= 15 is 0 Å². The summed E-state index contributed by atoms with van der Waals surface area (Å²) in [6.07, 6.45) is 2.09. The van der Waals surface area contributed by atoms with Gasteiger partial charge in [-0.3, -0.25) is 0 Å². The zero-order valence-corrected chi connectivity index (χ0v) is 16.2. The summed E-state index contributed by atoms with van der Waals surface area (Å²) in [4.78, 5) is 12.6. The predicted molar refractivity (Wildman–Crippen MR) is 103 cm³/mol. The Labute approximate surface area is 168 Å². The molecule has 2 aromatic rings. The lowest BCUT2D eigenvalue weighted by Crippen LogP contribution is -2.16. The zero-order chi connectivity index (χ0) is 19.9. The highest BCUT2D eigenvalue weighted by atomic mass is 35.5. The molecule has 1 fully saturated rings. The molecular weight excluding hydrogens is 382 g/mol. The maximum absolute atomic E-state index is 12.6. The number of nitriles is 1. The highest BCUT2D eigenvalue weighted by molar-refractivity contribution is 6.32. The molecule has 0 spiro atoms. The number of carbonyl (C=O) groups is 1. The summed E-state index contributed by atoms with van der Waals surface area (Å²) >= 11 is 6.19. The third-order valence-electron chi connectivity index (χ3n) is 4.16. The van der Waals surface area contributed by atoms with E-state index in [9.17, 15) is 4.79 Å². The Kier molecular flexibility index (Phi) is 6.75. The lowest BCUT2D eigenvalue weighted by Gasteiger charge is -2.14. The van der Waals surface area contributed by atoms with Gasteiger partial charge >= 0.3 is 5.97 Å². The molecule has 1 unspecified atom stereocenters. The van der Waals surface area contributed by atoms with Gasteiger partial charge in [0.1, 0.15) is 12.4 Å². The fourth-order valence-electron chi connectivity index (χ4n) is 2.82. The number of rotatable bonds is 7. The maximum atomic E-state index is 12.6. The van der Waals surface area contributed by atoms with Crippen LogP contribution in [0.4, 0.5) is 0 Å². The Hall–Kier alpha value is -2.75. The van der Waals surface area contributed by atoms with Crippen molar-refractivity contribution in [1.29, 1.82) is 5.26 Å². The molecule has 1 heterocycles. The molecule has 1 aliphatic heterocycles. The van der Waals surface area contributed by atoms with Crippen molar-refractivity contribution in [3.8, 4) is 23.3 Å². The van der Waals surface area contributed by atoms with Crippen molar-refractivity contribution in [2.45, 2.75) is 25.9 Å². The molecule has 0 N–H and O–H groups in total. The number of esters is 1. The molecule has 0 radical (unpaired) electrons. The van der Waals surface area contributed by atoms with Crippen LogP contribution >= 0.6 is 11.6 Å². The molecule has 0 amide bonds. The van der Waals surface area contributed by atoms with E-state index in [4.69, 9.17) is 35.8 Å². The van der Waals surface area contributed by atoms with Crippen molar-refractivity contribution in [3.63, 3.8) is 0 Å². The second kappa shape index (κ2) is 9.45. The summed E-state index contributed by atoms with van der Waals surface area (Å²) in [6.45, 7) is 3.32.